The number of nitrogens with zero attached hydrogens (tertiary/aromatic N) is 3. The second kappa shape index (κ2) is 7.62. The molecule has 140 valence electrons. The molecule has 1 aromatic heterocycles. The number of rotatable bonds is 3. The van der Waals surface area contributed by atoms with Crippen molar-refractivity contribution in [2.75, 3.05) is 33.3 Å². The Kier molecular flexibility index (Phi) is 5.25. The van der Waals surface area contributed by atoms with E-state index in [1.165, 1.54) is 0 Å². The van der Waals surface area contributed by atoms with E-state index in [0.29, 0.717) is 12.1 Å². The van der Waals surface area contributed by atoms with E-state index < -0.39 is 0 Å². The Morgan fingerprint density at radius 2 is 1.88 bits per heavy atom. The van der Waals surface area contributed by atoms with Crippen molar-refractivity contribution >= 4 is 27.5 Å². The summed E-state index contributed by atoms with van der Waals surface area (Å²) in [5, 5.41) is 1.04. The predicted molar refractivity (Wildman–Crippen MR) is 105 cm³/mol. The quantitative estimate of drug-likeness (QED) is 0.828. The maximum Gasteiger partial charge on any atom is 0.253 e. The van der Waals surface area contributed by atoms with Crippen LogP contribution in [0, 0.1) is 6.92 Å². The fourth-order valence-corrected chi connectivity index (χ4v) is 5.13. The SMILES string of the molecule is COC1CCN(C2CCN(C(=O)c3ccc4nc(C)sc4c3)CC2)CC1. The standard InChI is InChI=1S/C20H27N3O2S/c1-14-21-18-4-3-15(13-19(18)26-14)20(24)23-9-5-16(6-10-23)22-11-7-17(25-2)8-12-22/h3-4,13,16-17H,5-12H2,1-2H3. The maximum absolute atomic E-state index is 12.9. The summed E-state index contributed by atoms with van der Waals surface area (Å²) < 4.78 is 6.57. The number of likely N-dealkylation sites (tertiary alicyclic amines) is 2. The molecule has 0 unspecified atom stereocenters. The smallest absolute Gasteiger partial charge is 0.253 e. The number of ether oxygens (including phenoxy) is 1. The summed E-state index contributed by atoms with van der Waals surface area (Å²) in [6.07, 6.45) is 4.84. The third kappa shape index (κ3) is 3.63. The first-order valence-corrected chi connectivity index (χ1v) is 10.4. The number of carbonyl (C=O) groups is 1. The van der Waals surface area contributed by atoms with Gasteiger partial charge in [-0.05, 0) is 50.8 Å². The molecule has 1 amide bonds. The highest BCUT2D eigenvalue weighted by molar-refractivity contribution is 7.18. The lowest BCUT2D eigenvalue weighted by atomic mass is 9.98. The number of hydrogen-bond acceptors (Lipinski definition) is 5. The fraction of sp³-hybridized carbons (Fsp3) is 0.600. The molecule has 2 aliphatic heterocycles. The van der Waals surface area contributed by atoms with Crippen LogP contribution < -0.4 is 0 Å². The largest absolute Gasteiger partial charge is 0.381 e. The van der Waals surface area contributed by atoms with Gasteiger partial charge in [0.25, 0.3) is 5.91 Å². The minimum absolute atomic E-state index is 0.162. The average Bonchev–Trinajstić information content (AvgIpc) is 3.07. The Bertz CT molecular complexity index is 774. The minimum atomic E-state index is 0.162. The molecule has 1 aromatic carbocycles. The van der Waals surface area contributed by atoms with Crippen LogP contribution in [0.2, 0.25) is 0 Å². The topological polar surface area (TPSA) is 45.7 Å². The van der Waals surface area contributed by atoms with E-state index in [0.717, 1.165) is 72.7 Å². The van der Waals surface area contributed by atoms with Crippen molar-refractivity contribution in [2.45, 2.75) is 44.8 Å². The Morgan fingerprint density at radius 1 is 1.15 bits per heavy atom. The molecule has 0 saturated carbocycles. The van der Waals surface area contributed by atoms with Crippen LogP contribution in [0.3, 0.4) is 0 Å². The van der Waals surface area contributed by atoms with Gasteiger partial charge in [-0.3, -0.25) is 4.79 Å². The molecule has 0 aliphatic carbocycles. The van der Waals surface area contributed by atoms with Crippen LogP contribution in [-0.4, -0.2) is 66.1 Å². The summed E-state index contributed by atoms with van der Waals surface area (Å²) in [6.45, 7) is 5.96. The van der Waals surface area contributed by atoms with Gasteiger partial charge >= 0.3 is 0 Å². The number of methoxy groups -OCH3 is 1. The zero-order valence-electron chi connectivity index (χ0n) is 15.6. The molecule has 2 saturated heterocycles. The number of amides is 1. The Balaban J connectivity index is 1.35. The first kappa shape index (κ1) is 17.9. The van der Waals surface area contributed by atoms with Crippen LogP contribution in [-0.2, 0) is 4.74 Å². The Morgan fingerprint density at radius 3 is 2.58 bits per heavy atom. The first-order chi connectivity index (χ1) is 12.6. The van der Waals surface area contributed by atoms with Gasteiger partial charge in [0.1, 0.15) is 0 Å². The lowest BCUT2D eigenvalue weighted by Crippen LogP contribution is -2.49. The Hall–Kier alpha value is -1.50. The van der Waals surface area contributed by atoms with Gasteiger partial charge in [0.2, 0.25) is 0 Å². The molecule has 3 heterocycles. The predicted octanol–water partition coefficient (Wildman–Crippen LogP) is 3.32. The molecule has 6 heteroatoms. The van der Waals surface area contributed by atoms with E-state index in [4.69, 9.17) is 4.74 Å². The molecule has 0 spiro atoms. The van der Waals surface area contributed by atoms with E-state index >= 15 is 0 Å². The molecule has 26 heavy (non-hydrogen) atoms. The summed E-state index contributed by atoms with van der Waals surface area (Å²) >= 11 is 1.65. The molecular formula is C20H27N3O2S. The molecule has 2 fully saturated rings. The second-order valence-corrected chi connectivity index (χ2v) is 8.64. The van der Waals surface area contributed by atoms with Crippen molar-refractivity contribution in [1.82, 2.24) is 14.8 Å². The van der Waals surface area contributed by atoms with E-state index in [2.05, 4.69) is 9.88 Å². The number of benzene rings is 1. The van der Waals surface area contributed by atoms with E-state index in [9.17, 15) is 4.79 Å². The van der Waals surface area contributed by atoms with Gasteiger partial charge < -0.3 is 14.5 Å². The van der Waals surface area contributed by atoms with E-state index in [1.807, 2.05) is 37.1 Å². The molecule has 0 atom stereocenters. The number of fused-ring (bicyclic) bond motifs is 1. The molecule has 0 N–H and O–H groups in total. The van der Waals surface area contributed by atoms with Crippen LogP contribution in [0.5, 0.6) is 0 Å². The summed E-state index contributed by atoms with van der Waals surface area (Å²) in [5.41, 5.74) is 1.78. The summed E-state index contributed by atoms with van der Waals surface area (Å²) in [5.74, 6) is 0.162. The summed E-state index contributed by atoms with van der Waals surface area (Å²) in [6, 6.07) is 6.51. The highest BCUT2D eigenvalue weighted by Crippen LogP contribution is 2.25. The molecule has 2 aromatic rings. The Labute approximate surface area is 159 Å². The number of piperidine rings is 2. The second-order valence-electron chi connectivity index (χ2n) is 7.41. The van der Waals surface area contributed by atoms with Crippen LogP contribution in [0.4, 0.5) is 0 Å². The van der Waals surface area contributed by atoms with Crippen LogP contribution in [0.1, 0.15) is 41.0 Å². The van der Waals surface area contributed by atoms with Crippen LogP contribution >= 0.6 is 11.3 Å². The van der Waals surface area contributed by atoms with Crippen molar-refractivity contribution < 1.29 is 9.53 Å². The van der Waals surface area contributed by atoms with E-state index in [1.54, 1.807) is 11.3 Å². The lowest BCUT2D eigenvalue weighted by Gasteiger charge is -2.41. The average molecular weight is 374 g/mol. The van der Waals surface area contributed by atoms with Gasteiger partial charge in [-0.2, -0.15) is 0 Å². The number of carbonyl (C=O) groups excluding carboxylic acids is 1. The van der Waals surface area contributed by atoms with Crippen molar-refractivity contribution in [1.29, 1.82) is 0 Å². The van der Waals surface area contributed by atoms with Gasteiger partial charge in [0, 0.05) is 44.9 Å². The van der Waals surface area contributed by atoms with Crippen molar-refractivity contribution in [3.63, 3.8) is 0 Å². The van der Waals surface area contributed by atoms with Gasteiger partial charge in [0.15, 0.2) is 0 Å². The highest BCUT2D eigenvalue weighted by atomic mass is 32.1. The van der Waals surface area contributed by atoms with Crippen LogP contribution in [0.25, 0.3) is 10.2 Å². The normalized spacial score (nSPS) is 20.8. The lowest BCUT2D eigenvalue weighted by molar-refractivity contribution is 0.0145. The maximum atomic E-state index is 12.9. The monoisotopic (exact) mass is 373 g/mol. The molecule has 0 radical (unpaired) electrons. The number of hydrogen-bond donors (Lipinski definition) is 0. The molecular weight excluding hydrogens is 346 g/mol. The molecule has 2 aliphatic rings. The zero-order chi connectivity index (χ0) is 18.1. The molecule has 4 rings (SSSR count). The van der Waals surface area contributed by atoms with Crippen molar-refractivity contribution in [2.24, 2.45) is 0 Å². The number of thiazole rings is 1. The van der Waals surface area contributed by atoms with Gasteiger partial charge in [-0.15, -0.1) is 11.3 Å². The van der Waals surface area contributed by atoms with Crippen molar-refractivity contribution in [3.05, 3.63) is 28.8 Å². The first-order valence-electron chi connectivity index (χ1n) is 9.57. The minimum Gasteiger partial charge on any atom is -0.381 e. The molecule has 5 nitrogen and oxygen atoms in total. The molecule has 0 bridgehead atoms. The van der Waals surface area contributed by atoms with Crippen molar-refractivity contribution in [3.8, 4) is 0 Å². The third-order valence-electron chi connectivity index (χ3n) is 5.82. The highest BCUT2D eigenvalue weighted by Gasteiger charge is 2.30. The summed E-state index contributed by atoms with van der Waals surface area (Å²) in [7, 11) is 1.81. The van der Waals surface area contributed by atoms with Gasteiger partial charge in [0.05, 0.1) is 21.3 Å². The fourth-order valence-electron chi connectivity index (χ4n) is 4.27. The third-order valence-corrected chi connectivity index (χ3v) is 6.75. The summed E-state index contributed by atoms with van der Waals surface area (Å²) in [4.78, 5) is 22.0. The number of aryl methyl sites for hydroxylation is 1. The zero-order valence-corrected chi connectivity index (χ0v) is 16.4. The number of aromatic nitrogens is 1. The van der Waals surface area contributed by atoms with Gasteiger partial charge in [-0.1, -0.05) is 0 Å². The van der Waals surface area contributed by atoms with Gasteiger partial charge in [-0.25, -0.2) is 4.98 Å². The van der Waals surface area contributed by atoms with Crippen LogP contribution in [0.15, 0.2) is 18.2 Å². The van der Waals surface area contributed by atoms with E-state index in [-0.39, 0.29) is 5.91 Å².